The topological polar surface area (TPSA) is 95.6 Å². The highest BCUT2D eigenvalue weighted by Gasteiger charge is 2.26. The predicted molar refractivity (Wildman–Crippen MR) is 93.9 cm³/mol. The average Bonchev–Trinajstić information content (AvgIpc) is 3.14. The molecular formula is C19H18N2O4. The summed E-state index contributed by atoms with van der Waals surface area (Å²) < 4.78 is 1.63. The van der Waals surface area contributed by atoms with E-state index in [4.69, 9.17) is 0 Å². The third kappa shape index (κ3) is 2.41. The first-order valence-corrected chi connectivity index (χ1v) is 8.33. The quantitative estimate of drug-likeness (QED) is 0.623. The summed E-state index contributed by atoms with van der Waals surface area (Å²) in [7, 11) is 0. The number of phenolic OH excluding ortho intramolecular Hbond substituents is 3. The van der Waals surface area contributed by atoms with Crippen molar-refractivity contribution in [3.05, 3.63) is 46.8 Å². The minimum atomic E-state index is -0.697. The van der Waals surface area contributed by atoms with E-state index in [1.54, 1.807) is 4.57 Å². The fraction of sp³-hybridized carbons (Fsp3) is 0.263. The molecule has 2 aromatic carbocycles. The Balaban J connectivity index is 2.11. The van der Waals surface area contributed by atoms with Gasteiger partial charge in [-0.25, -0.2) is 4.98 Å². The highest BCUT2D eigenvalue weighted by molar-refractivity contribution is 5.90. The normalized spacial score (nSPS) is 15.0. The van der Waals surface area contributed by atoms with Crippen LogP contribution in [0.4, 0.5) is 0 Å². The summed E-state index contributed by atoms with van der Waals surface area (Å²) in [5.74, 6) is -1.32. The van der Waals surface area contributed by atoms with Crippen LogP contribution in [0.2, 0.25) is 0 Å². The molecule has 1 aliphatic carbocycles. The van der Waals surface area contributed by atoms with E-state index in [-0.39, 0.29) is 16.9 Å². The maximum atomic E-state index is 13.2. The van der Waals surface area contributed by atoms with Gasteiger partial charge in [0.2, 0.25) is 5.75 Å². The molecule has 0 aliphatic heterocycles. The zero-order valence-electron chi connectivity index (χ0n) is 13.5. The van der Waals surface area contributed by atoms with Gasteiger partial charge in [-0.1, -0.05) is 43.2 Å². The first-order chi connectivity index (χ1) is 12.1. The lowest BCUT2D eigenvalue weighted by molar-refractivity contribution is 0.370. The molecule has 0 radical (unpaired) electrons. The molecule has 1 heterocycles. The third-order valence-electron chi connectivity index (χ3n) is 4.84. The fourth-order valence-corrected chi connectivity index (χ4v) is 3.61. The first-order valence-electron chi connectivity index (χ1n) is 8.33. The third-order valence-corrected chi connectivity index (χ3v) is 4.84. The molecule has 128 valence electrons. The summed E-state index contributed by atoms with van der Waals surface area (Å²) in [5.41, 5.74) is 0.551. The zero-order valence-corrected chi connectivity index (χ0v) is 13.5. The molecular weight excluding hydrogens is 320 g/mol. The Kier molecular flexibility index (Phi) is 3.60. The second kappa shape index (κ2) is 5.81. The molecule has 0 saturated heterocycles. The number of aromatic hydroxyl groups is 3. The second-order valence-electron chi connectivity index (χ2n) is 6.40. The summed E-state index contributed by atoms with van der Waals surface area (Å²) in [6.45, 7) is 0. The van der Waals surface area contributed by atoms with Crippen LogP contribution in [-0.2, 0) is 0 Å². The summed E-state index contributed by atoms with van der Waals surface area (Å²) in [6, 6.07) is 10.6. The molecule has 6 nitrogen and oxygen atoms in total. The minimum Gasteiger partial charge on any atom is -0.504 e. The van der Waals surface area contributed by atoms with Gasteiger partial charge in [0.25, 0.3) is 5.56 Å². The van der Waals surface area contributed by atoms with Gasteiger partial charge in [-0.05, 0) is 12.8 Å². The van der Waals surface area contributed by atoms with Gasteiger partial charge >= 0.3 is 0 Å². The molecule has 1 aromatic heterocycles. The Morgan fingerprint density at radius 1 is 1.00 bits per heavy atom. The largest absolute Gasteiger partial charge is 0.504 e. The van der Waals surface area contributed by atoms with Crippen molar-refractivity contribution in [1.29, 1.82) is 0 Å². The number of fused-ring (bicyclic) bond motifs is 1. The Hall–Kier alpha value is -3.02. The van der Waals surface area contributed by atoms with E-state index in [0.717, 1.165) is 31.2 Å². The van der Waals surface area contributed by atoms with E-state index in [0.29, 0.717) is 5.82 Å². The van der Waals surface area contributed by atoms with Crippen molar-refractivity contribution in [2.45, 2.75) is 31.7 Å². The number of rotatable bonds is 2. The lowest BCUT2D eigenvalue weighted by Crippen LogP contribution is -2.26. The lowest BCUT2D eigenvalue weighted by Gasteiger charge is -2.19. The van der Waals surface area contributed by atoms with Crippen LogP contribution in [0, 0.1) is 0 Å². The monoisotopic (exact) mass is 338 g/mol. The fourth-order valence-electron chi connectivity index (χ4n) is 3.61. The van der Waals surface area contributed by atoms with Crippen molar-refractivity contribution in [3.8, 4) is 28.6 Å². The predicted octanol–water partition coefficient (Wildman–Crippen LogP) is 3.30. The van der Waals surface area contributed by atoms with Crippen molar-refractivity contribution in [2.75, 3.05) is 0 Å². The second-order valence-corrected chi connectivity index (χ2v) is 6.40. The molecule has 25 heavy (non-hydrogen) atoms. The van der Waals surface area contributed by atoms with Crippen LogP contribution in [0.15, 0.2) is 41.2 Å². The van der Waals surface area contributed by atoms with Crippen molar-refractivity contribution < 1.29 is 15.3 Å². The van der Waals surface area contributed by atoms with Crippen molar-refractivity contribution in [3.63, 3.8) is 0 Å². The van der Waals surface area contributed by atoms with E-state index in [2.05, 4.69) is 4.98 Å². The van der Waals surface area contributed by atoms with Gasteiger partial charge in [0.05, 0.1) is 5.52 Å². The van der Waals surface area contributed by atoms with Gasteiger partial charge in [0.15, 0.2) is 11.5 Å². The van der Waals surface area contributed by atoms with Crippen LogP contribution in [0.5, 0.6) is 17.2 Å². The van der Waals surface area contributed by atoms with Crippen LogP contribution in [-0.4, -0.2) is 24.9 Å². The SMILES string of the molecule is O=c1c2c(O)c(O)c(O)cc2nc(-c2ccccc2)n1C1CCCC1. The Morgan fingerprint density at radius 3 is 2.36 bits per heavy atom. The van der Waals surface area contributed by atoms with Crippen LogP contribution >= 0.6 is 0 Å². The number of nitrogens with zero attached hydrogens (tertiary/aromatic N) is 2. The summed E-state index contributed by atoms with van der Waals surface area (Å²) >= 11 is 0. The Labute approximate surface area is 143 Å². The van der Waals surface area contributed by atoms with E-state index >= 15 is 0 Å². The molecule has 6 heteroatoms. The highest BCUT2D eigenvalue weighted by Crippen LogP contribution is 2.40. The van der Waals surface area contributed by atoms with Crippen LogP contribution in [0.1, 0.15) is 31.7 Å². The maximum absolute atomic E-state index is 13.2. The van der Waals surface area contributed by atoms with E-state index in [9.17, 15) is 20.1 Å². The van der Waals surface area contributed by atoms with Gasteiger partial charge in [-0.15, -0.1) is 0 Å². The molecule has 3 N–H and O–H groups in total. The number of hydrogen-bond acceptors (Lipinski definition) is 5. The highest BCUT2D eigenvalue weighted by atomic mass is 16.3. The molecule has 0 unspecified atom stereocenters. The summed E-state index contributed by atoms with van der Waals surface area (Å²) in [6.07, 6.45) is 3.82. The minimum absolute atomic E-state index is 0.00921. The van der Waals surface area contributed by atoms with E-state index in [1.165, 1.54) is 6.07 Å². The molecule has 4 rings (SSSR count). The van der Waals surface area contributed by atoms with Crippen molar-refractivity contribution >= 4 is 10.9 Å². The summed E-state index contributed by atoms with van der Waals surface area (Å²) in [4.78, 5) is 17.7. The Morgan fingerprint density at radius 2 is 1.68 bits per heavy atom. The molecule has 1 saturated carbocycles. The number of phenols is 3. The number of hydrogen-bond donors (Lipinski definition) is 3. The van der Waals surface area contributed by atoms with E-state index in [1.807, 2.05) is 30.3 Å². The van der Waals surface area contributed by atoms with Crippen LogP contribution in [0.3, 0.4) is 0 Å². The van der Waals surface area contributed by atoms with Gasteiger partial charge in [0.1, 0.15) is 11.2 Å². The van der Waals surface area contributed by atoms with Gasteiger partial charge < -0.3 is 15.3 Å². The first kappa shape index (κ1) is 15.5. The molecule has 0 spiro atoms. The van der Waals surface area contributed by atoms with Crippen molar-refractivity contribution in [1.82, 2.24) is 9.55 Å². The molecule has 3 aromatic rings. The maximum Gasteiger partial charge on any atom is 0.265 e. The van der Waals surface area contributed by atoms with Crippen LogP contribution < -0.4 is 5.56 Å². The molecule has 1 aliphatic rings. The number of benzene rings is 2. The summed E-state index contributed by atoms with van der Waals surface area (Å²) in [5, 5.41) is 29.7. The zero-order chi connectivity index (χ0) is 17.6. The van der Waals surface area contributed by atoms with Crippen molar-refractivity contribution in [2.24, 2.45) is 0 Å². The standard InChI is InChI=1S/C19H18N2O4/c22-14-10-13-15(17(24)16(14)23)19(25)21(12-8-4-5-9-12)18(20-13)11-6-2-1-3-7-11/h1-3,6-7,10,12,22-24H,4-5,8-9H2. The molecule has 0 atom stereocenters. The van der Waals surface area contributed by atoms with Gasteiger partial charge in [-0.3, -0.25) is 9.36 Å². The molecule has 0 amide bonds. The van der Waals surface area contributed by atoms with Gasteiger partial charge in [-0.2, -0.15) is 0 Å². The van der Waals surface area contributed by atoms with E-state index < -0.39 is 22.8 Å². The van der Waals surface area contributed by atoms with Crippen LogP contribution in [0.25, 0.3) is 22.3 Å². The molecule has 1 fully saturated rings. The van der Waals surface area contributed by atoms with Gasteiger partial charge in [0, 0.05) is 17.7 Å². The number of aromatic nitrogens is 2. The molecule has 0 bridgehead atoms. The average molecular weight is 338 g/mol. The smallest absolute Gasteiger partial charge is 0.265 e. The Bertz CT molecular complexity index is 1010. The lowest BCUT2D eigenvalue weighted by atomic mass is 10.1.